The van der Waals surface area contributed by atoms with Crippen LogP contribution >= 0.6 is 0 Å². The maximum atomic E-state index is 5.51. The summed E-state index contributed by atoms with van der Waals surface area (Å²) in [5.41, 5.74) is 4.42. The predicted octanol–water partition coefficient (Wildman–Crippen LogP) is 0.991. The van der Waals surface area contributed by atoms with E-state index < -0.39 is 0 Å². The molecule has 0 fully saturated rings. The van der Waals surface area contributed by atoms with E-state index in [1.807, 2.05) is 33.9 Å². The van der Waals surface area contributed by atoms with E-state index in [0.29, 0.717) is 5.84 Å². The van der Waals surface area contributed by atoms with E-state index in [1.54, 1.807) is 4.68 Å². The topological polar surface area (TPSA) is 68.2 Å². The molecule has 0 aliphatic carbocycles. The summed E-state index contributed by atoms with van der Waals surface area (Å²) in [6.45, 7) is 8.16. The maximum absolute atomic E-state index is 5.51. The summed E-state index contributed by atoms with van der Waals surface area (Å²) in [5.74, 6) is 6.18. The fraction of sp³-hybridized carbons (Fsp3) is 0.636. The third-order valence-corrected chi connectivity index (χ3v) is 2.12. The van der Waals surface area contributed by atoms with Crippen LogP contribution in [0.3, 0.4) is 0 Å². The van der Waals surface area contributed by atoms with Gasteiger partial charge in [-0.2, -0.15) is 5.10 Å². The molecule has 3 N–H and O–H groups in total. The highest BCUT2D eigenvalue weighted by atomic mass is 15.3. The molecule has 0 saturated heterocycles. The lowest BCUT2D eigenvalue weighted by Gasteiger charge is -2.15. The zero-order valence-corrected chi connectivity index (χ0v) is 10.7. The van der Waals surface area contributed by atoms with Gasteiger partial charge in [0.25, 0.3) is 0 Å². The Morgan fingerprint density at radius 1 is 1.56 bits per heavy atom. The van der Waals surface area contributed by atoms with Crippen molar-refractivity contribution in [3.8, 4) is 0 Å². The molecule has 0 amide bonds. The predicted molar refractivity (Wildman–Crippen MR) is 66.2 cm³/mol. The van der Waals surface area contributed by atoms with Gasteiger partial charge in [0, 0.05) is 7.05 Å². The molecule has 0 saturated carbocycles. The molecule has 5 nitrogen and oxygen atoms in total. The van der Waals surface area contributed by atoms with Gasteiger partial charge in [0.15, 0.2) is 5.84 Å². The fourth-order valence-corrected chi connectivity index (χ4v) is 1.42. The van der Waals surface area contributed by atoms with Gasteiger partial charge < -0.3 is 5.43 Å². The number of aryl methyl sites for hydroxylation is 2. The summed E-state index contributed by atoms with van der Waals surface area (Å²) in [4.78, 5) is 4.53. The van der Waals surface area contributed by atoms with Crippen LogP contribution in [0.2, 0.25) is 0 Å². The smallest absolute Gasteiger partial charge is 0.161 e. The van der Waals surface area contributed by atoms with E-state index in [2.05, 4.69) is 22.4 Å². The third-order valence-electron chi connectivity index (χ3n) is 2.12. The van der Waals surface area contributed by atoms with Gasteiger partial charge in [-0.25, -0.2) is 5.84 Å². The molecule has 0 aliphatic heterocycles. The van der Waals surface area contributed by atoms with Crippen LogP contribution in [-0.4, -0.2) is 21.2 Å². The minimum absolute atomic E-state index is 0.168. The lowest BCUT2D eigenvalue weighted by atomic mass is 10.1. The van der Waals surface area contributed by atoms with Crippen LogP contribution in [0.1, 0.15) is 39.1 Å². The van der Waals surface area contributed by atoms with Crippen LogP contribution < -0.4 is 11.3 Å². The quantitative estimate of drug-likeness (QED) is 0.340. The second-order valence-electron chi connectivity index (χ2n) is 4.77. The monoisotopic (exact) mass is 223 g/mol. The van der Waals surface area contributed by atoms with Gasteiger partial charge in [-0.15, -0.1) is 0 Å². The first-order valence-electron chi connectivity index (χ1n) is 5.47. The number of aliphatic imine (C=N–C) groups is 1. The minimum Gasteiger partial charge on any atom is -0.307 e. The van der Waals surface area contributed by atoms with Gasteiger partial charge in [-0.3, -0.25) is 9.67 Å². The summed E-state index contributed by atoms with van der Waals surface area (Å²) in [6.07, 6.45) is 0.904. The summed E-state index contributed by atoms with van der Waals surface area (Å²) < 4.78 is 1.79. The normalized spacial score (nSPS) is 13.0. The summed E-state index contributed by atoms with van der Waals surface area (Å²) >= 11 is 0. The molecule has 0 aromatic carbocycles. The van der Waals surface area contributed by atoms with Gasteiger partial charge in [0.2, 0.25) is 0 Å². The number of nitrogens with zero attached hydrogens (tertiary/aromatic N) is 3. The van der Waals surface area contributed by atoms with E-state index in [-0.39, 0.29) is 5.54 Å². The van der Waals surface area contributed by atoms with Crippen LogP contribution in [-0.2, 0) is 13.5 Å². The molecule has 1 aromatic rings. The zero-order valence-electron chi connectivity index (χ0n) is 10.7. The molecule has 90 valence electrons. The largest absolute Gasteiger partial charge is 0.307 e. The number of hydrogen-bond donors (Lipinski definition) is 2. The first-order valence-corrected chi connectivity index (χ1v) is 5.47. The van der Waals surface area contributed by atoms with E-state index in [0.717, 1.165) is 17.8 Å². The number of nitrogens with one attached hydrogen (secondary N) is 1. The number of nitrogens with two attached hydrogens (primary N) is 1. The van der Waals surface area contributed by atoms with Crippen LogP contribution in [0.5, 0.6) is 0 Å². The van der Waals surface area contributed by atoms with Crippen LogP contribution in [0.4, 0.5) is 0 Å². The molecular weight excluding hydrogens is 202 g/mol. The molecule has 1 heterocycles. The summed E-state index contributed by atoms with van der Waals surface area (Å²) in [5, 5.41) is 4.37. The number of amidine groups is 1. The Hall–Kier alpha value is -1.36. The molecular formula is C11H21N5. The SMILES string of the molecule is CCc1cc(C(=NC(C)(C)C)NN)n(C)n1. The van der Waals surface area contributed by atoms with Crippen molar-refractivity contribution in [3.63, 3.8) is 0 Å². The highest BCUT2D eigenvalue weighted by Crippen LogP contribution is 2.10. The Bertz CT molecular complexity index is 384. The number of rotatable bonds is 2. The van der Waals surface area contributed by atoms with E-state index in [9.17, 15) is 0 Å². The standard InChI is InChI=1S/C11H21N5/c1-6-8-7-9(16(5)15-8)10(14-12)13-11(2,3)4/h7H,6,12H2,1-5H3,(H,13,14). The van der Waals surface area contributed by atoms with Gasteiger partial charge in [-0.05, 0) is 33.3 Å². The van der Waals surface area contributed by atoms with Gasteiger partial charge in [-0.1, -0.05) is 6.92 Å². The summed E-state index contributed by atoms with van der Waals surface area (Å²) in [6, 6.07) is 2.00. The van der Waals surface area contributed by atoms with Crippen molar-refractivity contribution in [1.29, 1.82) is 0 Å². The molecule has 0 unspecified atom stereocenters. The van der Waals surface area contributed by atoms with Crippen molar-refractivity contribution in [3.05, 3.63) is 17.5 Å². The van der Waals surface area contributed by atoms with Gasteiger partial charge in [0.05, 0.1) is 11.2 Å². The Labute approximate surface area is 96.7 Å². The highest BCUT2D eigenvalue weighted by molar-refractivity contribution is 5.97. The minimum atomic E-state index is -0.168. The van der Waals surface area contributed by atoms with Crippen LogP contribution in [0.25, 0.3) is 0 Å². The molecule has 16 heavy (non-hydrogen) atoms. The molecule has 1 rings (SSSR count). The fourth-order valence-electron chi connectivity index (χ4n) is 1.42. The molecule has 0 aliphatic rings. The van der Waals surface area contributed by atoms with Crippen molar-refractivity contribution < 1.29 is 0 Å². The number of hydrazine groups is 1. The Balaban J connectivity index is 3.13. The molecule has 0 radical (unpaired) electrons. The lowest BCUT2D eigenvalue weighted by Crippen LogP contribution is -2.35. The average molecular weight is 223 g/mol. The number of hydrogen-bond acceptors (Lipinski definition) is 3. The van der Waals surface area contributed by atoms with Crippen molar-refractivity contribution in [2.45, 2.75) is 39.7 Å². The first-order chi connectivity index (χ1) is 7.37. The van der Waals surface area contributed by atoms with Gasteiger partial charge >= 0.3 is 0 Å². The molecule has 5 heteroatoms. The number of aromatic nitrogens is 2. The van der Waals surface area contributed by atoms with Crippen molar-refractivity contribution in [2.75, 3.05) is 0 Å². The zero-order chi connectivity index (χ0) is 12.3. The average Bonchev–Trinajstić information content (AvgIpc) is 2.55. The molecule has 1 aromatic heterocycles. The van der Waals surface area contributed by atoms with E-state index in [1.165, 1.54) is 0 Å². The first kappa shape index (κ1) is 12.7. The molecule has 0 atom stereocenters. The highest BCUT2D eigenvalue weighted by Gasteiger charge is 2.14. The van der Waals surface area contributed by atoms with Gasteiger partial charge in [0.1, 0.15) is 5.69 Å². The Kier molecular flexibility index (Phi) is 3.70. The Morgan fingerprint density at radius 3 is 2.56 bits per heavy atom. The molecule has 0 spiro atoms. The second-order valence-corrected chi connectivity index (χ2v) is 4.77. The molecule has 0 bridgehead atoms. The van der Waals surface area contributed by atoms with Crippen molar-refractivity contribution in [2.24, 2.45) is 17.9 Å². The van der Waals surface area contributed by atoms with Crippen molar-refractivity contribution in [1.82, 2.24) is 15.2 Å². The second kappa shape index (κ2) is 4.65. The van der Waals surface area contributed by atoms with E-state index in [4.69, 9.17) is 5.84 Å². The maximum Gasteiger partial charge on any atom is 0.161 e. The lowest BCUT2D eigenvalue weighted by molar-refractivity contribution is 0.578. The van der Waals surface area contributed by atoms with Crippen molar-refractivity contribution >= 4 is 5.84 Å². The Morgan fingerprint density at radius 2 is 2.19 bits per heavy atom. The van der Waals surface area contributed by atoms with Crippen LogP contribution in [0, 0.1) is 0 Å². The summed E-state index contributed by atoms with van der Waals surface area (Å²) in [7, 11) is 1.89. The van der Waals surface area contributed by atoms with Crippen LogP contribution in [0.15, 0.2) is 11.1 Å². The van der Waals surface area contributed by atoms with E-state index >= 15 is 0 Å². The third kappa shape index (κ3) is 3.06.